The summed E-state index contributed by atoms with van der Waals surface area (Å²) in [5.74, 6) is 1.37. The van der Waals surface area contributed by atoms with Crippen molar-refractivity contribution in [2.45, 2.75) is 6.54 Å². The zero-order chi connectivity index (χ0) is 15.5. The number of hydrogen-bond donors (Lipinski definition) is 0. The average molecular weight is 299 g/mol. The third-order valence-electron chi connectivity index (χ3n) is 3.51. The molecule has 6 nitrogen and oxygen atoms in total. The summed E-state index contributed by atoms with van der Waals surface area (Å²) in [6.45, 7) is 0.760. The van der Waals surface area contributed by atoms with E-state index in [0.29, 0.717) is 12.3 Å². The van der Waals surface area contributed by atoms with Crippen LogP contribution >= 0.6 is 0 Å². The van der Waals surface area contributed by atoms with Crippen molar-refractivity contribution in [3.63, 3.8) is 0 Å². The fraction of sp³-hybridized carbons (Fsp3) is 0.250. The van der Waals surface area contributed by atoms with Gasteiger partial charge < -0.3 is 14.4 Å². The molecule has 114 valence electrons. The molecule has 0 spiro atoms. The second-order valence-electron chi connectivity index (χ2n) is 5.09. The first-order valence-corrected chi connectivity index (χ1v) is 6.93. The number of aromatic nitrogens is 2. The van der Waals surface area contributed by atoms with Gasteiger partial charge in [-0.15, -0.1) is 0 Å². The van der Waals surface area contributed by atoms with Gasteiger partial charge in [0.25, 0.3) is 0 Å². The number of hydrogen-bond acceptors (Lipinski definition) is 4. The summed E-state index contributed by atoms with van der Waals surface area (Å²) in [4.78, 5) is 13.8. The Kier molecular flexibility index (Phi) is 3.82. The molecule has 22 heavy (non-hydrogen) atoms. The molecular weight excluding hydrogens is 282 g/mol. The Morgan fingerprint density at radius 2 is 2.18 bits per heavy atom. The standard InChI is InChI=1S/C16H17N3O3/c1-18(10-13-7-8-17-19(13)2)16(20)6-4-12-3-5-14-15(9-12)22-11-21-14/h3-9H,10-11H2,1-2H3/b6-4+. The van der Waals surface area contributed by atoms with Gasteiger partial charge in [0.2, 0.25) is 12.7 Å². The van der Waals surface area contributed by atoms with Crippen LogP contribution in [0.4, 0.5) is 0 Å². The van der Waals surface area contributed by atoms with Crippen molar-refractivity contribution in [2.24, 2.45) is 7.05 Å². The molecule has 0 aliphatic carbocycles. The van der Waals surface area contributed by atoms with Crippen molar-refractivity contribution in [1.29, 1.82) is 0 Å². The molecule has 3 rings (SSSR count). The van der Waals surface area contributed by atoms with Crippen LogP contribution in [0.5, 0.6) is 11.5 Å². The lowest BCUT2D eigenvalue weighted by atomic mass is 10.2. The van der Waals surface area contributed by atoms with Crippen molar-refractivity contribution in [3.8, 4) is 11.5 Å². The Hall–Kier alpha value is -2.76. The number of nitrogens with zero attached hydrogens (tertiary/aromatic N) is 3. The molecule has 0 radical (unpaired) electrons. The van der Waals surface area contributed by atoms with E-state index in [9.17, 15) is 4.79 Å². The van der Waals surface area contributed by atoms with E-state index in [0.717, 1.165) is 17.0 Å². The number of carbonyl (C=O) groups excluding carboxylic acids is 1. The zero-order valence-corrected chi connectivity index (χ0v) is 12.5. The Morgan fingerprint density at radius 1 is 1.36 bits per heavy atom. The number of rotatable bonds is 4. The van der Waals surface area contributed by atoms with Crippen molar-refractivity contribution in [1.82, 2.24) is 14.7 Å². The van der Waals surface area contributed by atoms with Crippen LogP contribution in [0.1, 0.15) is 11.3 Å². The molecule has 0 unspecified atom stereocenters. The lowest BCUT2D eigenvalue weighted by Crippen LogP contribution is -2.25. The van der Waals surface area contributed by atoms with E-state index in [1.54, 1.807) is 35.0 Å². The number of carbonyl (C=O) groups is 1. The smallest absolute Gasteiger partial charge is 0.246 e. The lowest BCUT2D eigenvalue weighted by molar-refractivity contribution is -0.125. The van der Waals surface area contributed by atoms with Crippen molar-refractivity contribution in [3.05, 3.63) is 47.8 Å². The minimum absolute atomic E-state index is 0.0705. The van der Waals surface area contributed by atoms with Crippen LogP contribution in [0.25, 0.3) is 6.08 Å². The molecule has 0 N–H and O–H groups in total. The molecule has 0 saturated carbocycles. The molecule has 0 fully saturated rings. The van der Waals surface area contributed by atoms with Gasteiger partial charge in [-0.3, -0.25) is 9.48 Å². The van der Waals surface area contributed by atoms with Gasteiger partial charge in [-0.25, -0.2) is 0 Å². The largest absolute Gasteiger partial charge is 0.454 e. The van der Waals surface area contributed by atoms with E-state index >= 15 is 0 Å². The second kappa shape index (κ2) is 5.93. The maximum Gasteiger partial charge on any atom is 0.246 e. The van der Waals surface area contributed by atoms with Gasteiger partial charge in [-0.2, -0.15) is 5.10 Å². The van der Waals surface area contributed by atoms with E-state index in [4.69, 9.17) is 9.47 Å². The fourth-order valence-corrected chi connectivity index (χ4v) is 2.19. The van der Waals surface area contributed by atoms with Gasteiger partial charge in [0, 0.05) is 26.4 Å². The topological polar surface area (TPSA) is 56.6 Å². The quantitative estimate of drug-likeness (QED) is 0.808. The molecule has 6 heteroatoms. The van der Waals surface area contributed by atoms with Crippen molar-refractivity contribution >= 4 is 12.0 Å². The average Bonchev–Trinajstić information content (AvgIpc) is 3.13. The normalized spacial score (nSPS) is 12.8. The van der Waals surface area contributed by atoms with Crippen LogP contribution < -0.4 is 9.47 Å². The highest BCUT2D eigenvalue weighted by Crippen LogP contribution is 2.32. The van der Waals surface area contributed by atoms with Gasteiger partial charge in [0.05, 0.1) is 12.2 Å². The first kappa shape index (κ1) is 14.2. The highest BCUT2D eigenvalue weighted by atomic mass is 16.7. The summed E-state index contributed by atoms with van der Waals surface area (Å²) in [5.41, 5.74) is 1.87. The SMILES string of the molecule is CN(Cc1ccnn1C)C(=O)/C=C/c1ccc2c(c1)OCO2. The summed E-state index contributed by atoms with van der Waals surface area (Å²) >= 11 is 0. The number of fused-ring (bicyclic) bond motifs is 1. The number of ether oxygens (including phenoxy) is 2. The zero-order valence-electron chi connectivity index (χ0n) is 12.5. The van der Waals surface area contributed by atoms with Crippen molar-refractivity contribution in [2.75, 3.05) is 13.8 Å². The molecule has 0 bridgehead atoms. The van der Waals surface area contributed by atoms with Crippen molar-refractivity contribution < 1.29 is 14.3 Å². The van der Waals surface area contributed by atoms with Gasteiger partial charge in [0.1, 0.15) is 0 Å². The number of amides is 1. The molecule has 1 aliphatic heterocycles. The maximum absolute atomic E-state index is 12.1. The first-order chi connectivity index (χ1) is 10.6. The molecule has 1 aromatic heterocycles. The van der Waals surface area contributed by atoms with Crippen LogP contribution in [-0.2, 0) is 18.4 Å². The van der Waals surface area contributed by atoms with Gasteiger partial charge in [-0.05, 0) is 29.8 Å². The summed E-state index contributed by atoms with van der Waals surface area (Å²) in [7, 11) is 3.62. The number of benzene rings is 1. The summed E-state index contributed by atoms with van der Waals surface area (Å²) in [5, 5.41) is 4.09. The van der Waals surface area contributed by atoms with E-state index in [1.165, 1.54) is 0 Å². The van der Waals surface area contributed by atoms with Crippen LogP contribution in [0.15, 0.2) is 36.5 Å². The predicted molar refractivity (Wildman–Crippen MR) is 81.3 cm³/mol. The van der Waals surface area contributed by atoms with Gasteiger partial charge in [-0.1, -0.05) is 6.07 Å². The summed E-state index contributed by atoms with van der Waals surface area (Å²) in [6, 6.07) is 7.48. The van der Waals surface area contributed by atoms with E-state index < -0.39 is 0 Å². The summed E-state index contributed by atoms with van der Waals surface area (Å²) in [6.07, 6.45) is 5.04. The van der Waals surface area contributed by atoms with Crippen LogP contribution in [-0.4, -0.2) is 34.4 Å². The molecule has 0 atom stereocenters. The third-order valence-corrected chi connectivity index (χ3v) is 3.51. The molecule has 1 aromatic carbocycles. The second-order valence-corrected chi connectivity index (χ2v) is 5.09. The molecule has 2 aromatic rings. The van der Waals surface area contributed by atoms with Crippen LogP contribution in [0, 0.1) is 0 Å². The fourth-order valence-electron chi connectivity index (χ4n) is 2.19. The van der Waals surface area contributed by atoms with Crippen LogP contribution in [0.3, 0.4) is 0 Å². The number of likely N-dealkylation sites (N-methyl/N-ethyl adjacent to an activating group) is 1. The maximum atomic E-state index is 12.1. The van der Waals surface area contributed by atoms with Crippen LogP contribution in [0.2, 0.25) is 0 Å². The monoisotopic (exact) mass is 299 g/mol. The summed E-state index contributed by atoms with van der Waals surface area (Å²) < 4.78 is 12.3. The van der Waals surface area contributed by atoms with E-state index in [1.807, 2.05) is 31.3 Å². The van der Waals surface area contributed by atoms with Gasteiger partial charge >= 0.3 is 0 Å². The molecule has 2 heterocycles. The third kappa shape index (κ3) is 2.95. The first-order valence-electron chi connectivity index (χ1n) is 6.93. The Bertz CT molecular complexity index is 721. The molecular formula is C16H17N3O3. The molecule has 1 amide bonds. The van der Waals surface area contributed by atoms with E-state index in [-0.39, 0.29) is 12.7 Å². The Morgan fingerprint density at radius 3 is 2.95 bits per heavy atom. The molecule has 1 aliphatic rings. The molecule has 0 saturated heterocycles. The Balaban J connectivity index is 1.64. The highest BCUT2D eigenvalue weighted by molar-refractivity contribution is 5.91. The number of aryl methyl sites for hydroxylation is 1. The predicted octanol–water partition coefficient (Wildman–Crippen LogP) is 1.82. The lowest BCUT2D eigenvalue weighted by Gasteiger charge is -2.14. The van der Waals surface area contributed by atoms with Gasteiger partial charge in [0.15, 0.2) is 11.5 Å². The Labute approximate surface area is 128 Å². The minimum atomic E-state index is -0.0705. The minimum Gasteiger partial charge on any atom is -0.454 e. The highest BCUT2D eigenvalue weighted by Gasteiger charge is 2.13. The van der Waals surface area contributed by atoms with E-state index in [2.05, 4.69) is 5.10 Å².